The molecule has 2 aromatic heterocycles. The molecular weight excluding hydrogens is 356 g/mol. The van der Waals surface area contributed by atoms with Crippen LogP contribution >= 0.6 is 11.3 Å². The molecule has 0 saturated carbocycles. The van der Waals surface area contributed by atoms with Crippen LogP contribution in [0.25, 0.3) is 16.3 Å². The molecule has 0 aromatic carbocycles. The molecule has 3 N–H and O–H groups in total. The minimum Gasteiger partial charge on any atom is -0.384 e. The molecule has 4 heterocycles. The first kappa shape index (κ1) is 18.5. The van der Waals surface area contributed by atoms with Crippen LogP contribution in [0.4, 0.5) is 5.82 Å². The van der Waals surface area contributed by atoms with Crippen LogP contribution < -0.4 is 16.0 Å². The number of rotatable bonds is 4. The average Bonchev–Trinajstić information content (AvgIpc) is 3.27. The van der Waals surface area contributed by atoms with E-state index in [0.717, 1.165) is 35.8 Å². The fourth-order valence-corrected chi connectivity index (χ4v) is 5.47. The molecule has 0 radical (unpaired) electrons. The first-order valence-electron chi connectivity index (χ1n) is 9.86. The van der Waals surface area contributed by atoms with Crippen LogP contribution in [-0.2, 0) is 6.42 Å². The zero-order chi connectivity index (χ0) is 19.2. The number of fused-ring (bicyclic) bond motifs is 1. The van der Waals surface area contributed by atoms with Gasteiger partial charge in [-0.25, -0.2) is 9.67 Å². The molecule has 2 unspecified atom stereocenters. The van der Waals surface area contributed by atoms with E-state index in [9.17, 15) is 0 Å². The minimum atomic E-state index is -0.131. The van der Waals surface area contributed by atoms with Gasteiger partial charge < -0.3 is 16.0 Å². The number of thiazole rings is 1. The lowest BCUT2D eigenvalue weighted by Gasteiger charge is -2.48. The van der Waals surface area contributed by atoms with Crippen LogP contribution in [0.2, 0.25) is 0 Å². The number of hydrogen-bond acceptors (Lipinski definition) is 6. The third kappa shape index (κ3) is 3.17. The Morgan fingerprint density at radius 1 is 1.41 bits per heavy atom. The summed E-state index contributed by atoms with van der Waals surface area (Å²) in [7, 11) is 2.17. The Morgan fingerprint density at radius 2 is 2.22 bits per heavy atom. The van der Waals surface area contributed by atoms with Gasteiger partial charge in [-0.2, -0.15) is 5.10 Å². The minimum absolute atomic E-state index is 0.131. The van der Waals surface area contributed by atoms with Crippen molar-refractivity contribution in [2.24, 2.45) is 17.6 Å². The van der Waals surface area contributed by atoms with Crippen molar-refractivity contribution in [1.82, 2.24) is 20.1 Å². The molecule has 146 valence electrons. The second-order valence-corrected chi connectivity index (χ2v) is 9.52. The molecule has 0 bridgehead atoms. The van der Waals surface area contributed by atoms with Crippen molar-refractivity contribution >= 4 is 23.0 Å². The Balaban J connectivity index is 1.73. The van der Waals surface area contributed by atoms with Gasteiger partial charge >= 0.3 is 0 Å². The number of hydrogen-bond donors (Lipinski definition) is 2. The molecule has 27 heavy (non-hydrogen) atoms. The van der Waals surface area contributed by atoms with E-state index < -0.39 is 0 Å². The third-order valence-corrected chi connectivity index (χ3v) is 7.05. The highest BCUT2D eigenvalue weighted by Crippen LogP contribution is 2.44. The lowest BCUT2D eigenvalue weighted by molar-refractivity contribution is 0.268. The molecule has 2 atom stereocenters. The maximum Gasteiger partial charge on any atom is 0.143 e. The maximum atomic E-state index is 6.46. The van der Waals surface area contributed by atoms with E-state index in [4.69, 9.17) is 5.73 Å². The predicted molar refractivity (Wildman–Crippen MR) is 113 cm³/mol. The zero-order valence-corrected chi connectivity index (χ0v) is 17.5. The van der Waals surface area contributed by atoms with Crippen molar-refractivity contribution < 1.29 is 0 Å². The molecular formula is C20H30N6S. The van der Waals surface area contributed by atoms with Crippen LogP contribution in [0.3, 0.4) is 0 Å². The Labute approximate surface area is 165 Å². The molecule has 2 aliphatic heterocycles. The van der Waals surface area contributed by atoms with Crippen LogP contribution in [0, 0.1) is 11.8 Å². The van der Waals surface area contributed by atoms with Crippen molar-refractivity contribution in [2.45, 2.75) is 45.6 Å². The SMILES string of the molecule is CC(C)Cc1ncc(-c2cnn3c2N(C)C(C)(C2CCCNC2)C=C3N)s1. The molecule has 0 spiro atoms. The maximum absolute atomic E-state index is 6.46. The van der Waals surface area contributed by atoms with Crippen molar-refractivity contribution in [1.29, 1.82) is 0 Å². The Bertz CT molecular complexity index is 845. The summed E-state index contributed by atoms with van der Waals surface area (Å²) in [5.74, 6) is 2.91. The lowest BCUT2D eigenvalue weighted by Crippen LogP contribution is -2.56. The van der Waals surface area contributed by atoms with E-state index >= 15 is 0 Å². The topological polar surface area (TPSA) is 72.0 Å². The van der Waals surface area contributed by atoms with Gasteiger partial charge in [0, 0.05) is 26.2 Å². The fraction of sp³-hybridized carbons (Fsp3) is 0.600. The van der Waals surface area contributed by atoms with Gasteiger partial charge in [0.2, 0.25) is 0 Å². The van der Waals surface area contributed by atoms with Gasteiger partial charge in [-0.15, -0.1) is 11.3 Å². The standard InChI is InChI=1S/C20H30N6S/c1-13(2)8-18-23-12-16(27-18)15-11-24-26-17(21)9-20(3,25(4)19(15)26)14-6-5-7-22-10-14/h9,11-14,22H,5-8,10,21H2,1-4H3. The normalized spacial score (nSPS) is 25.6. The van der Waals surface area contributed by atoms with Crippen LogP contribution in [-0.4, -0.2) is 40.4 Å². The highest BCUT2D eigenvalue weighted by Gasteiger charge is 2.42. The van der Waals surface area contributed by atoms with Gasteiger partial charge in [0.1, 0.15) is 11.6 Å². The molecule has 0 aliphatic carbocycles. The van der Waals surface area contributed by atoms with E-state index in [0.29, 0.717) is 17.7 Å². The second kappa shape index (κ2) is 6.95. The summed E-state index contributed by atoms with van der Waals surface area (Å²) in [5.41, 5.74) is 7.45. The van der Waals surface area contributed by atoms with Crippen molar-refractivity contribution in [3.05, 3.63) is 23.5 Å². The molecule has 7 heteroatoms. The van der Waals surface area contributed by atoms with Crippen LogP contribution in [0.1, 0.15) is 38.6 Å². The first-order chi connectivity index (χ1) is 12.9. The summed E-state index contributed by atoms with van der Waals surface area (Å²) in [4.78, 5) is 8.17. The van der Waals surface area contributed by atoms with Gasteiger partial charge in [0.15, 0.2) is 0 Å². The first-order valence-corrected chi connectivity index (χ1v) is 10.7. The summed E-state index contributed by atoms with van der Waals surface area (Å²) >= 11 is 1.77. The second-order valence-electron chi connectivity index (χ2n) is 8.41. The quantitative estimate of drug-likeness (QED) is 0.844. The molecule has 2 aliphatic rings. The van der Waals surface area contributed by atoms with Gasteiger partial charge in [-0.1, -0.05) is 13.8 Å². The third-order valence-electron chi connectivity index (χ3n) is 5.99. The number of likely N-dealkylation sites (N-methyl/N-ethyl adjacent to an activating group) is 1. The fourth-order valence-electron chi connectivity index (χ4n) is 4.33. The van der Waals surface area contributed by atoms with Gasteiger partial charge in [-0.05, 0) is 44.2 Å². The van der Waals surface area contributed by atoms with E-state index in [-0.39, 0.29) is 5.54 Å². The molecule has 0 amide bonds. The number of nitrogens with two attached hydrogens (primary N) is 1. The number of nitrogens with zero attached hydrogens (tertiary/aromatic N) is 4. The van der Waals surface area contributed by atoms with Crippen molar-refractivity contribution in [3.63, 3.8) is 0 Å². The van der Waals surface area contributed by atoms with Crippen LogP contribution in [0.15, 0.2) is 18.5 Å². The van der Waals surface area contributed by atoms with Gasteiger partial charge in [-0.3, -0.25) is 0 Å². The Morgan fingerprint density at radius 3 is 2.93 bits per heavy atom. The summed E-state index contributed by atoms with van der Waals surface area (Å²) in [6.07, 6.45) is 9.54. The number of anilines is 1. The Hall–Kier alpha value is -1.86. The van der Waals surface area contributed by atoms with E-state index in [1.807, 2.05) is 17.1 Å². The summed E-state index contributed by atoms with van der Waals surface area (Å²) < 4.78 is 1.87. The predicted octanol–water partition coefficient (Wildman–Crippen LogP) is 3.17. The van der Waals surface area contributed by atoms with E-state index in [2.05, 4.69) is 54.2 Å². The van der Waals surface area contributed by atoms with Crippen molar-refractivity contribution in [3.8, 4) is 10.4 Å². The Kier molecular flexibility index (Phi) is 4.76. The molecule has 2 aromatic rings. The largest absolute Gasteiger partial charge is 0.384 e. The smallest absolute Gasteiger partial charge is 0.143 e. The highest BCUT2D eigenvalue weighted by atomic mass is 32.1. The van der Waals surface area contributed by atoms with Crippen molar-refractivity contribution in [2.75, 3.05) is 25.0 Å². The number of aromatic nitrogens is 3. The van der Waals surface area contributed by atoms with Crippen LogP contribution in [0.5, 0.6) is 0 Å². The monoisotopic (exact) mass is 386 g/mol. The highest BCUT2D eigenvalue weighted by molar-refractivity contribution is 7.15. The summed E-state index contributed by atoms with van der Waals surface area (Å²) in [6.45, 7) is 8.89. The summed E-state index contributed by atoms with van der Waals surface area (Å²) in [5, 5.41) is 9.32. The summed E-state index contributed by atoms with van der Waals surface area (Å²) in [6, 6.07) is 0. The number of nitrogens with one attached hydrogen (secondary N) is 1. The molecule has 1 fully saturated rings. The van der Waals surface area contributed by atoms with E-state index in [1.165, 1.54) is 17.8 Å². The molecule has 4 rings (SSSR count). The molecule has 6 nitrogen and oxygen atoms in total. The zero-order valence-electron chi connectivity index (χ0n) is 16.7. The van der Waals surface area contributed by atoms with Gasteiger partial charge in [0.25, 0.3) is 0 Å². The number of piperidine rings is 1. The lowest BCUT2D eigenvalue weighted by atomic mass is 9.78. The average molecular weight is 387 g/mol. The molecule has 1 saturated heterocycles. The van der Waals surface area contributed by atoms with Gasteiger partial charge in [0.05, 0.1) is 27.2 Å². The van der Waals surface area contributed by atoms with E-state index in [1.54, 1.807) is 11.3 Å².